The molecule has 0 bridgehead atoms. The summed E-state index contributed by atoms with van der Waals surface area (Å²) in [5.41, 5.74) is 4.32. The zero-order chi connectivity index (χ0) is 20.8. The van der Waals surface area contributed by atoms with Crippen LogP contribution in [0, 0.1) is 0 Å². The average Bonchev–Trinajstić information content (AvgIpc) is 2.81. The summed E-state index contributed by atoms with van der Waals surface area (Å²) in [6.07, 6.45) is 5.03. The van der Waals surface area contributed by atoms with Crippen molar-refractivity contribution in [3.8, 4) is 0 Å². The lowest BCUT2D eigenvalue weighted by atomic mass is 9.95. The Hall–Kier alpha value is -3.66. The molecule has 1 atom stereocenters. The molecule has 4 rings (SSSR count). The summed E-state index contributed by atoms with van der Waals surface area (Å²) in [5.74, 6) is -0.852. The maximum Gasteiger partial charge on any atom is 0.339 e. The highest BCUT2D eigenvalue weighted by Crippen LogP contribution is 2.24. The van der Waals surface area contributed by atoms with Crippen LogP contribution in [-0.2, 0) is 22.5 Å². The van der Waals surface area contributed by atoms with Crippen molar-refractivity contribution < 1.29 is 14.3 Å². The molecule has 0 saturated heterocycles. The minimum atomic E-state index is -1.02. The first-order valence-corrected chi connectivity index (χ1v) is 10.1. The van der Waals surface area contributed by atoms with Gasteiger partial charge in [0.15, 0.2) is 0 Å². The molecule has 0 aromatic heterocycles. The van der Waals surface area contributed by atoms with Gasteiger partial charge in [0, 0.05) is 12.1 Å². The number of rotatable bonds is 6. The van der Waals surface area contributed by atoms with Crippen LogP contribution in [0.25, 0.3) is 6.08 Å². The van der Waals surface area contributed by atoms with Gasteiger partial charge in [-0.1, -0.05) is 78.9 Å². The predicted octanol–water partition coefficient (Wildman–Crippen LogP) is 4.86. The van der Waals surface area contributed by atoms with Crippen LogP contribution >= 0.6 is 0 Å². The molecule has 3 aromatic carbocycles. The number of carbonyl (C=O) groups excluding carboxylic acids is 2. The van der Waals surface area contributed by atoms with Gasteiger partial charge < -0.3 is 10.1 Å². The average molecular weight is 397 g/mol. The fourth-order valence-electron chi connectivity index (χ4n) is 3.51. The second kappa shape index (κ2) is 9.23. The van der Waals surface area contributed by atoms with Gasteiger partial charge in [-0.05, 0) is 41.7 Å². The van der Waals surface area contributed by atoms with Crippen molar-refractivity contribution >= 4 is 18.0 Å². The molecule has 0 spiro atoms. The van der Waals surface area contributed by atoms with Crippen LogP contribution < -0.4 is 5.32 Å². The number of hydrogen-bond acceptors (Lipinski definition) is 3. The van der Waals surface area contributed by atoms with E-state index >= 15 is 0 Å². The SMILES string of the molecule is O=C(OC(C(=O)NCc1ccccc1)c1ccccc1)c1ccc2c(c1)CCC=C2. The van der Waals surface area contributed by atoms with Gasteiger partial charge in [0.2, 0.25) is 6.10 Å². The minimum absolute atomic E-state index is 0.348. The standard InChI is InChI=1S/C26H23NO3/c28-25(27-18-19-9-3-1-4-10-19)24(21-12-5-2-6-13-21)30-26(29)23-16-15-20-11-7-8-14-22(20)17-23/h1-7,9-13,15-17,24H,8,14,18H2,(H,27,28). The molecule has 1 N–H and O–H groups in total. The van der Waals surface area contributed by atoms with Gasteiger partial charge in [-0.2, -0.15) is 0 Å². The lowest BCUT2D eigenvalue weighted by molar-refractivity contribution is -0.130. The lowest BCUT2D eigenvalue weighted by Crippen LogP contribution is -2.32. The Balaban J connectivity index is 1.52. The van der Waals surface area contributed by atoms with Crippen LogP contribution in [0.2, 0.25) is 0 Å². The molecular weight excluding hydrogens is 374 g/mol. The second-order valence-electron chi connectivity index (χ2n) is 7.25. The molecule has 4 heteroatoms. The van der Waals surface area contributed by atoms with E-state index in [9.17, 15) is 9.59 Å². The summed E-state index contributed by atoms with van der Waals surface area (Å²) in [5, 5.41) is 2.88. The Morgan fingerprint density at radius 2 is 1.67 bits per heavy atom. The van der Waals surface area contributed by atoms with Crippen LogP contribution in [0.1, 0.15) is 45.1 Å². The highest BCUT2D eigenvalue weighted by atomic mass is 16.5. The summed E-state index contributed by atoms with van der Waals surface area (Å²) in [7, 11) is 0. The van der Waals surface area contributed by atoms with Crippen molar-refractivity contribution in [3.63, 3.8) is 0 Å². The van der Waals surface area contributed by atoms with Gasteiger partial charge in [-0.15, -0.1) is 0 Å². The number of ether oxygens (including phenoxy) is 1. The van der Waals surface area contributed by atoms with Crippen molar-refractivity contribution in [1.82, 2.24) is 5.32 Å². The Morgan fingerprint density at radius 3 is 2.43 bits per heavy atom. The topological polar surface area (TPSA) is 55.4 Å². The van der Waals surface area contributed by atoms with Crippen molar-refractivity contribution in [2.24, 2.45) is 0 Å². The molecule has 1 aliphatic rings. The number of benzene rings is 3. The van der Waals surface area contributed by atoms with E-state index in [1.807, 2.05) is 60.7 Å². The van der Waals surface area contributed by atoms with E-state index in [-0.39, 0.29) is 5.91 Å². The Labute approximate surface area is 176 Å². The van der Waals surface area contributed by atoms with Gasteiger partial charge >= 0.3 is 5.97 Å². The van der Waals surface area contributed by atoms with Crippen molar-refractivity contribution in [2.45, 2.75) is 25.5 Å². The van der Waals surface area contributed by atoms with E-state index in [1.165, 1.54) is 0 Å². The van der Waals surface area contributed by atoms with Crippen LogP contribution in [0.15, 0.2) is 84.9 Å². The number of aryl methyl sites for hydroxylation is 1. The van der Waals surface area contributed by atoms with Gasteiger partial charge in [0.25, 0.3) is 5.91 Å². The first-order chi connectivity index (χ1) is 14.7. The molecule has 0 fully saturated rings. The molecule has 0 radical (unpaired) electrons. The van der Waals surface area contributed by atoms with E-state index in [1.54, 1.807) is 18.2 Å². The third-order valence-corrected chi connectivity index (χ3v) is 5.13. The molecular formula is C26H23NO3. The van der Waals surface area contributed by atoms with Gasteiger partial charge in [0.1, 0.15) is 0 Å². The maximum atomic E-state index is 12.9. The van der Waals surface area contributed by atoms with E-state index in [2.05, 4.69) is 17.5 Å². The smallest absolute Gasteiger partial charge is 0.339 e. The Bertz CT molecular complexity index is 1060. The molecule has 3 aromatic rings. The van der Waals surface area contributed by atoms with Crippen LogP contribution in [0.5, 0.6) is 0 Å². The normalized spacial score (nSPS) is 13.2. The number of hydrogen-bond donors (Lipinski definition) is 1. The number of fused-ring (bicyclic) bond motifs is 1. The van der Waals surface area contributed by atoms with Gasteiger partial charge in [-0.3, -0.25) is 4.79 Å². The first kappa shape index (κ1) is 19.6. The van der Waals surface area contributed by atoms with Crippen molar-refractivity contribution in [1.29, 1.82) is 0 Å². The van der Waals surface area contributed by atoms with Crippen LogP contribution in [-0.4, -0.2) is 11.9 Å². The summed E-state index contributed by atoms with van der Waals surface area (Å²) < 4.78 is 5.69. The number of esters is 1. The van der Waals surface area contributed by atoms with Gasteiger partial charge in [-0.25, -0.2) is 4.79 Å². The fraction of sp³-hybridized carbons (Fsp3) is 0.154. The third-order valence-electron chi connectivity index (χ3n) is 5.13. The molecule has 1 aliphatic carbocycles. The summed E-state index contributed by atoms with van der Waals surface area (Å²) in [6, 6.07) is 24.3. The Morgan fingerprint density at radius 1 is 0.933 bits per heavy atom. The van der Waals surface area contributed by atoms with E-state index in [4.69, 9.17) is 4.74 Å². The molecule has 150 valence electrons. The maximum absolute atomic E-state index is 12.9. The van der Waals surface area contributed by atoms with Crippen LogP contribution in [0.4, 0.5) is 0 Å². The molecule has 30 heavy (non-hydrogen) atoms. The lowest BCUT2D eigenvalue weighted by Gasteiger charge is -2.19. The highest BCUT2D eigenvalue weighted by Gasteiger charge is 2.25. The first-order valence-electron chi connectivity index (χ1n) is 10.1. The summed E-state index contributed by atoms with van der Waals surface area (Å²) in [6.45, 7) is 0.367. The Kier molecular flexibility index (Phi) is 6.04. The van der Waals surface area contributed by atoms with E-state index < -0.39 is 12.1 Å². The summed E-state index contributed by atoms with van der Waals surface area (Å²) >= 11 is 0. The molecule has 1 unspecified atom stereocenters. The molecule has 0 saturated carbocycles. The van der Waals surface area contributed by atoms with E-state index in [0.717, 1.165) is 29.5 Å². The van der Waals surface area contributed by atoms with Crippen molar-refractivity contribution in [3.05, 3.63) is 113 Å². The zero-order valence-corrected chi connectivity index (χ0v) is 16.6. The monoisotopic (exact) mass is 397 g/mol. The van der Waals surface area contributed by atoms with E-state index in [0.29, 0.717) is 17.7 Å². The van der Waals surface area contributed by atoms with Crippen LogP contribution in [0.3, 0.4) is 0 Å². The number of carbonyl (C=O) groups is 2. The molecule has 1 amide bonds. The minimum Gasteiger partial charge on any atom is -0.444 e. The molecule has 0 heterocycles. The third kappa shape index (κ3) is 4.66. The molecule has 4 nitrogen and oxygen atoms in total. The largest absolute Gasteiger partial charge is 0.444 e. The second-order valence-corrected chi connectivity index (χ2v) is 7.25. The highest BCUT2D eigenvalue weighted by molar-refractivity contribution is 5.93. The number of amides is 1. The summed E-state index contributed by atoms with van der Waals surface area (Å²) in [4.78, 5) is 25.8. The zero-order valence-electron chi connectivity index (χ0n) is 16.6. The molecule has 0 aliphatic heterocycles. The van der Waals surface area contributed by atoms with Gasteiger partial charge in [0.05, 0.1) is 5.56 Å². The number of allylic oxidation sites excluding steroid dienone is 1. The quantitative estimate of drug-likeness (QED) is 0.605. The number of nitrogens with one attached hydrogen (secondary N) is 1. The predicted molar refractivity (Wildman–Crippen MR) is 117 cm³/mol. The fourth-order valence-corrected chi connectivity index (χ4v) is 3.51. The van der Waals surface area contributed by atoms with Crippen molar-refractivity contribution in [2.75, 3.05) is 0 Å².